The van der Waals surface area contributed by atoms with Gasteiger partial charge in [0, 0.05) is 23.6 Å². The standard InChI is InChI=1S/C19H25N3O3/c1-12-6-8-17(9-7-12)22-13(2)10-16(15(22)4)11-20-19(24)21-14(3)18(23)25-5/h6-10,14H,11H2,1-5H3,(H2,20,21,24)/t14-/m1/s1. The zero-order chi connectivity index (χ0) is 18.6. The van der Waals surface area contributed by atoms with Crippen LogP contribution >= 0.6 is 0 Å². The number of nitrogens with zero attached hydrogens (tertiary/aromatic N) is 1. The fraction of sp³-hybridized carbons (Fsp3) is 0.368. The van der Waals surface area contributed by atoms with Gasteiger partial charge in [-0.2, -0.15) is 0 Å². The first-order valence-electron chi connectivity index (χ1n) is 8.20. The number of methoxy groups -OCH3 is 1. The number of carbonyl (C=O) groups is 2. The van der Waals surface area contributed by atoms with Gasteiger partial charge in [0.2, 0.25) is 0 Å². The second kappa shape index (κ2) is 7.88. The molecule has 0 saturated heterocycles. The summed E-state index contributed by atoms with van der Waals surface area (Å²) in [5.41, 5.74) is 5.50. The van der Waals surface area contributed by atoms with Gasteiger partial charge in [0.25, 0.3) is 0 Å². The Labute approximate surface area is 148 Å². The van der Waals surface area contributed by atoms with Gasteiger partial charge in [-0.1, -0.05) is 17.7 Å². The predicted octanol–water partition coefficient (Wildman–Crippen LogP) is 2.76. The van der Waals surface area contributed by atoms with E-state index in [0.717, 1.165) is 22.6 Å². The van der Waals surface area contributed by atoms with Crippen LogP contribution in [-0.2, 0) is 16.1 Å². The molecule has 2 aromatic rings. The Morgan fingerprint density at radius 3 is 2.40 bits per heavy atom. The SMILES string of the molecule is COC(=O)[C@@H](C)NC(=O)NCc1cc(C)n(-c2ccc(C)cc2)c1C. The minimum absolute atomic E-state index is 0.380. The van der Waals surface area contributed by atoms with E-state index in [1.54, 1.807) is 6.92 Å². The van der Waals surface area contributed by atoms with E-state index < -0.39 is 18.0 Å². The first-order valence-corrected chi connectivity index (χ1v) is 8.20. The summed E-state index contributed by atoms with van der Waals surface area (Å²) >= 11 is 0. The van der Waals surface area contributed by atoms with E-state index >= 15 is 0 Å². The van der Waals surface area contributed by atoms with Crippen molar-refractivity contribution in [3.63, 3.8) is 0 Å². The highest BCUT2D eigenvalue weighted by Crippen LogP contribution is 2.21. The zero-order valence-electron chi connectivity index (χ0n) is 15.3. The van der Waals surface area contributed by atoms with E-state index in [-0.39, 0.29) is 0 Å². The van der Waals surface area contributed by atoms with E-state index in [2.05, 4.69) is 57.2 Å². The Morgan fingerprint density at radius 1 is 1.16 bits per heavy atom. The number of hydrogen-bond donors (Lipinski definition) is 2. The second-order valence-electron chi connectivity index (χ2n) is 6.14. The van der Waals surface area contributed by atoms with Gasteiger partial charge >= 0.3 is 12.0 Å². The van der Waals surface area contributed by atoms with Crippen molar-refractivity contribution in [3.05, 3.63) is 52.8 Å². The highest BCUT2D eigenvalue weighted by atomic mass is 16.5. The third kappa shape index (κ3) is 4.41. The van der Waals surface area contributed by atoms with Crippen molar-refractivity contribution in [1.82, 2.24) is 15.2 Å². The lowest BCUT2D eigenvalue weighted by Gasteiger charge is -2.13. The molecule has 0 aliphatic heterocycles. The zero-order valence-corrected chi connectivity index (χ0v) is 15.3. The topological polar surface area (TPSA) is 72.4 Å². The van der Waals surface area contributed by atoms with Crippen molar-refractivity contribution in [2.75, 3.05) is 7.11 Å². The maximum atomic E-state index is 11.9. The number of hydrogen-bond acceptors (Lipinski definition) is 3. The molecule has 1 aromatic heterocycles. The molecule has 1 heterocycles. The molecule has 0 aliphatic rings. The van der Waals surface area contributed by atoms with E-state index in [1.807, 2.05) is 13.8 Å². The quantitative estimate of drug-likeness (QED) is 0.820. The molecule has 0 fully saturated rings. The normalized spacial score (nSPS) is 11.7. The average Bonchev–Trinajstić information content (AvgIpc) is 2.87. The van der Waals surface area contributed by atoms with Crippen LogP contribution in [0.25, 0.3) is 5.69 Å². The number of rotatable bonds is 5. The van der Waals surface area contributed by atoms with Gasteiger partial charge in [-0.05, 0) is 51.5 Å². The maximum absolute atomic E-state index is 11.9. The second-order valence-corrected chi connectivity index (χ2v) is 6.14. The van der Waals surface area contributed by atoms with Crippen LogP contribution in [-0.4, -0.2) is 29.7 Å². The molecule has 6 nitrogen and oxygen atoms in total. The van der Waals surface area contributed by atoms with Crippen molar-refractivity contribution >= 4 is 12.0 Å². The molecule has 134 valence electrons. The van der Waals surface area contributed by atoms with Crippen molar-refractivity contribution in [1.29, 1.82) is 0 Å². The Bertz CT molecular complexity index is 763. The number of carbonyl (C=O) groups excluding carboxylic acids is 2. The molecular weight excluding hydrogens is 318 g/mol. The number of esters is 1. The molecule has 2 N–H and O–H groups in total. The van der Waals surface area contributed by atoms with Gasteiger partial charge in [0.05, 0.1) is 7.11 Å². The summed E-state index contributed by atoms with van der Waals surface area (Å²) in [6.07, 6.45) is 0. The maximum Gasteiger partial charge on any atom is 0.328 e. The number of aryl methyl sites for hydroxylation is 2. The molecule has 2 amide bonds. The lowest BCUT2D eigenvalue weighted by Crippen LogP contribution is -2.44. The third-order valence-electron chi connectivity index (χ3n) is 4.17. The molecule has 0 aliphatic carbocycles. The highest BCUT2D eigenvalue weighted by molar-refractivity contribution is 5.83. The summed E-state index contributed by atoms with van der Waals surface area (Å²) in [4.78, 5) is 23.3. The van der Waals surface area contributed by atoms with Gasteiger partial charge in [0.15, 0.2) is 0 Å². The first kappa shape index (κ1) is 18.6. The molecule has 0 bridgehead atoms. The molecule has 6 heteroatoms. The van der Waals surface area contributed by atoms with Crippen LogP contribution in [0.15, 0.2) is 30.3 Å². The molecule has 2 rings (SSSR count). The molecule has 1 aromatic carbocycles. The fourth-order valence-electron chi connectivity index (χ4n) is 2.76. The Kier molecular flexibility index (Phi) is 5.85. The van der Waals surface area contributed by atoms with Crippen LogP contribution in [0.1, 0.15) is 29.4 Å². The van der Waals surface area contributed by atoms with Crippen LogP contribution in [0.5, 0.6) is 0 Å². The fourth-order valence-corrected chi connectivity index (χ4v) is 2.76. The highest BCUT2D eigenvalue weighted by Gasteiger charge is 2.16. The Hall–Kier alpha value is -2.76. The van der Waals surface area contributed by atoms with E-state index in [9.17, 15) is 9.59 Å². The number of ether oxygens (including phenoxy) is 1. The summed E-state index contributed by atoms with van der Waals surface area (Å²) in [5.74, 6) is -0.479. The van der Waals surface area contributed by atoms with Gasteiger partial charge in [-0.25, -0.2) is 9.59 Å². The summed E-state index contributed by atoms with van der Waals surface area (Å²) in [7, 11) is 1.29. The summed E-state index contributed by atoms with van der Waals surface area (Å²) in [5, 5.41) is 5.33. The first-order chi connectivity index (χ1) is 11.8. The molecular formula is C19H25N3O3. The minimum atomic E-state index is -0.690. The van der Waals surface area contributed by atoms with E-state index in [0.29, 0.717) is 6.54 Å². The van der Waals surface area contributed by atoms with Gasteiger partial charge in [0.1, 0.15) is 6.04 Å². The van der Waals surface area contributed by atoms with Gasteiger partial charge < -0.3 is 19.9 Å². The van der Waals surface area contributed by atoms with Crippen LogP contribution in [0, 0.1) is 20.8 Å². The number of aromatic nitrogens is 1. The summed E-state index contributed by atoms with van der Waals surface area (Å²) in [6, 6.07) is 9.28. The van der Waals surface area contributed by atoms with Gasteiger partial charge in [-0.3, -0.25) is 0 Å². The van der Waals surface area contributed by atoms with Crippen LogP contribution in [0.2, 0.25) is 0 Å². The smallest absolute Gasteiger partial charge is 0.328 e. The summed E-state index contributed by atoms with van der Waals surface area (Å²) < 4.78 is 6.74. The van der Waals surface area contributed by atoms with E-state index in [4.69, 9.17) is 0 Å². The molecule has 0 saturated carbocycles. The lowest BCUT2D eigenvalue weighted by molar-refractivity contribution is -0.142. The monoisotopic (exact) mass is 343 g/mol. The van der Waals surface area contributed by atoms with Crippen molar-refractivity contribution in [2.24, 2.45) is 0 Å². The largest absolute Gasteiger partial charge is 0.467 e. The van der Waals surface area contributed by atoms with Crippen molar-refractivity contribution in [3.8, 4) is 5.69 Å². The number of benzene rings is 1. The molecule has 0 radical (unpaired) electrons. The number of urea groups is 1. The molecule has 1 atom stereocenters. The van der Waals surface area contributed by atoms with Crippen LogP contribution < -0.4 is 10.6 Å². The molecule has 25 heavy (non-hydrogen) atoms. The molecule has 0 unspecified atom stereocenters. The number of nitrogens with one attached hydrogen (secondary N) is 2. The lowest BCUT2D eigenvalue weighted by atomic mass is 10.2. The number of amides is 2. The van der Waals surface area contributed by atoms with Crippen molar-refractivity contribution < 1.29 is 14.3 Å². The third-order valence-corrected chi connectivity index (χ3v) is 4.17. The minimum Gasteiger partial charge on any atom is -0.467 e. The van der Waals surface area contributed by atoms with Crippen LogP contribution in [0.4, 0.5) is 4.79 Å². The van der Waals surface area contributed by atoms with Gasteiger partial charge in [-0.15, -0.1) is 0 Å². The van der Waals surface area contributed by atoms with Crippen LogP contribution in [0.3, 0.4) is 0 Å². The summed E-state index contributed by atoms with van der Waals surface area (Å²) in [6.45, 7) is 8.08. The van der Waals surface area contributed by atoms with E-state index in [1.165, 1.54) is 12.7 Å². The molecule has 0 spiro atoms. The average molecular weight is 343 g/mol. The Morgan fingerprint density at radius 2 is 1.80 bits per heavy atom. The Balaban J connectivity index is 2.06. The predicted molar refractivity (Wildman–Crippen MR) is 96.8 cm³/mol. The van der Waals surface area contributed by atoms with Crippen molar-refractivity contribution in [2.45, 2.75) is 40.3 Å².